The van der Waals surface area contributed by atoms with Crippen molar-refractivity contribution in [2.75, 3.05) is 6.54 Å². The minimum atomic E-state index is 0.175. The lowest BCUT2D eigenvalue weighted by Crippen LogP contribution is -2.31. The van der Waals surface area contributed by atoms with Gasteiger partial charge in [0.2, 0.25) is 5.88 Å². The van der Waals surface area contributed by atoms with Crippen LogP contribution < -0.4 is 5.32 Å². The molecule has 0 saturated heterocycles. The van der Waals surface area contributed by atoms with E-state index in [1.807, 2.05) is 32.1 Å². The van der Waals surface area contributed by atoms with Crippen LogP contribution in [0.15, 0.2) is 69.2 Å². The number of nitrogens with one attached hydrogen (secondary N) is 1. The Balaban J connectivity index is 3.04. The van der Waals surface area contributed by atoms with Gasteiger partial charge in [-0.05, 0) is 45.6 Å². The van der Waals surface area contributed by atoms with E-state index in [9.17, 15) is 0 Å². The van der Waals surface area contributed by atoms with Gasteiger partial charge in [-0.1, -0.05) is 37.3 Å². The molecule has 1 atom stereocenters. The van der Waals surface area contributed by atoms with Gasteiger partial charge in [0.1, 0.15) is 12.1 Å². The zero-order chi connectivity index (χ0) is 17.1. The molecule has 0 amide bonds. The van der Waals surface area contributed by atoms with Crippen LogP contribution in [-0.4, -0.2) is 25.6 Å². The van der Waals surface area contributed by atoms with Crippen molar-refractivity contribution in [2.24, 2.45) is 9.98 Å². The van der Waals surface area contributed by atoms with Crippen LogP contribution in [0.25, 0.3) is 0 Å². The summed E-state index contributed by atoms with van der Waals surface area (Å²) >= 11 is 0. The Bertz CT molecular complexity index is 577. The van der Waals surface area contributed by atoms with Gasteiger partial charge < -0.3 is 10.1 Å². The van der Waals surface area contributed by atoms with Crippen LogP contribution in [0.4, 0.5) is 0 Å². The van der Waals surface area contributed by atoms with Crippen molar-refractivity contribution in [3.63, 3.8) is 0 Å². The third-order valence-corrected chi connectivity index (χ3v) is 3.39. The van der Waals surface area contributed by atoms with Crippen LogP contribution in [0.3, 0.4) is 0 Å². The van der Waals surface area contributed by atoms with E-state index in [0.717, 1.165) is 24.3 Å². The summed E-state index contributed by atoms with van der Waals surface area (Å²) in [5.74, 6) is 1.31. The fourth-order valence-corrected chi connectivity index (χ4v) is 2.11. The van der Waals surface area contributed by atoms with E-state index in [-0.39, 0.29) is 6.04 Å². The highest BCUT2D eigenvalue weighted by molar-refractivity contribution is 5.63. The fraction of sp³-hybridized carbons (Fsp3) is 0.368. The number of nitrogens with zero attached hydrogens (tertiary/aromatic N) is 2. The molecule has 0 aliphatic carbocycles. The van der Waals surface area contributed by atoms with Crippen LogP contribution in [0.1, 0.15) is 34.1 Å². The highest BCUT2D eigenvalue weighted by Gasteiger charge is 2.15. The monoisotopic (exact) mass is 313 g/mol. The van der Waals surface area contributed by atoms with Gasteiger partial charge >= 0.3 is 0 Å². The fourth-order valence-electron chi connectivity index (χ4n) is 2.11. The Kier molecular flexibility index (Phi) is 8.62. The average molecular weight is 313 g/mol. The number of rotatable bonds is 7. The lowest BCUT2D eigenvalue weighted by molar-refractivity contribution is 0.296. The molecule has 1 N–H and O–H groups in total. The van der Waals surface area contributed by atoms with Gasteiger partial charge in [-0.15, -0.1) is 0 Å². The molecule has 0 saturated carbocycles. The van der Waals surface area contributed by atoms with E-state index in [2.05, 4.69) is 54.1 Å². The second-order valence-electron chi connectivity index (χ2n) is 5.19. The maximum atomic E-state index is 5.93. The molecule has 1 unspecified atom stereocenters. The molecular weight excluding hydrogens is 286 g/mol. The summed E-state index contributed by atoms with van der Waals surface area (Å²) in [5, 5.41) is 3.35. The molecule has 1 rings (SSSR count). The molecule has 4 nitrogen and oxygen atoms in total. The van der Waals surface area contributed by atoms with E-state index in [0.29, 0.717) is 5.88 Å². The van der Waals surface area contributed by atoms with E-state index in [1.165, 1.54) is 11.9 Å². The van der Waals surface area contributed by atoms with Crippen molar-refractivity contribution in [1.29, 1.82) is 0 Å². The summed E-state index contributed by atoms with van der Waals surface area (Å²) in [4.78, 5) is 7.95. The number of allylic oxidation sites excluding steroid dienone is 6. The maximum absolute atomic E-state index is 5.93. The van der Waals surface area contributed by atoms with Crippen LogP contribution in [0.2, 0.25) is 0 Å². The van der Waals surface area contributed by atoms with Gasteiger partial charge in [0.05, 0.1) is 0 Å². The van der Waals surface area contributed by atoms with E-state index in [1.54, 1.807) is 0 Å². The molecule has 0 spiro atoms. The van der Waals surface area contributed by atoms with Gasteiger partial charge in [-0.3, -0.25) is 4.99 Å². The lowest BCUT2D eigenvalue weighted by Gasteiger charge is -2.20. The quantitative estimate of drug-likeness (QED) is 0.329. The largest absolute Gasteiger partial charge is 0.443 e. The molecule has 124 valence electrons. The zero-order valence-electron chi connectivity index (χ0n) is 14.5. The molecular formula is C19H27N3O. The molecule has 4 heteroatoms. The predicted molar refractivity (Wildman–Crippen MR) is 99.7 cm³/mol. The molecule has 0 aromatic carbocycles. The first-order valence-electron chi connectivity index (χ1n) is 7.92. The van der Waals surface area contributed by atoms with Gasteiger partial charge in [-0.25, -0.2) is 4.99 Å². The summed E-state index contributed by atoms with van der Waals surface area (Å²) in [6.45, 7) is 12.4. The topological polar surface area (TPSA) is 46.0 Å². The van der Waals surface area contributed by atoms with E-state index < -0.39 is 0 Å². The third-order valence-electron chi connectivity index (χ3n) is 3.39. The smallest absolute Gasteiger partial charge is 0.224 e. The number of hydrogen-bond donors (Lipinski definition) is 1. The molecule has 0 radical (unpaired) electrons. The Morgan fingerprint density at radius 3 is 2.87 bits per heavy atom. The van der Waals surface area contributed by atoms with Crippen LogP contribution in [-0.2, 0) is 4.74 Å². The van der Waals surface area contributed by atoms with Gasteiger partial charge in [0.15, 0.2) is 0 Å². The van der Waals surface area contributed by atoms with Crippen molar-refractivity contribution >= 4 is 13.1 Å². The van der Waals surface area contributed by atoms with Crippen molar-refractivity contribution in [3.05, 3.63) is 59.2 Å². The normalized spacial score (nSPS) is 22.0. The first kappa shape index (κ1) is 18.8. The van der Waals surface area contributed by atoms with Crippen LogP contribution >= 0.6 is 0 Å². The summed E-state index contributed by atoms with van der Waals surface area (Å²) in [5.41, 5.74) is 2.24. The third kappa shape index (κ3) is 6.61. The van der Waals surface area contributed by atoms with Crippen molar-refractivity contribution in [2.45, 2.75) is 40.2 Å². The first-order chi connectivity index (χ1) is 11.1. The molecule has 0 aromatic rings. The standard InChI is InChI=1S/C19H27N3O/c1-6-9-17(7-2)12-11-15(3)23-19(22-14-20-5)18-10-8-13-21-16(18)4/h6,8-12,14,16,21H,5,7,13H2,1-4H3/b9-6-,15-11+,17-12-,19-18+,22-14-. The highest BCUT2D eigenvalue weighted by atomic mass is 16.5. The Hall–Kier alpha value is -2.20. The SMILES string of the molecule is C=N/C=N\C(O/C(C)=C/C=C(\C=C/C)CC)=C1\C=CCNC1C. The van der Waals surface area contributed by atoms with E-state index >= 15 is 0 Å². The van der Waals surface area contributed by atoms with Crippen molar-refractivity contribution in [1.82, 2.24) is 5.32 Å². The number of ether oxygens (including phenoxy) is 1. The second kappa shape index (κ2) is 10.5. The average Bonchev–Trinajstić information content (AvgIpc) is 2.56. The summed E-state index contributed by atoms with van der Waals surface area (Å²) in [6, 6.07) is 0.175. The summed E-state index contributed by atoms with van der Waals surface area (Å²) < 4.78 is 5.93. The molecule has 0 bridgehead atoms. The van der Waals surface area contributed by atoms with Gasteiger partial charge in [0.25, 0.3) is 0 Å². The number of hydrogen-bond acceptors (Lipinski definition) is 3. The molecule has 1 heterocycles. The molecule has 23 heavy (non-hydrogen) atoms. The zero-order valence-corrected chi connectivity index (χ0v) is 14.5. The Labute approximate surface area is 139 Å². The molecule has 1 aliphatic heterocycles. The summed E-state index contributed by atoms with van der Waals surface area (Å²) in [7, 11) is 0. The first-order valence-corrected chi connectivity index (χ1v) is 7.92. The molecule has 1 aliphatic rings. The molecule has 0 fully saturated rings. The maximum Gasteiger partial charge on any atom is 0.224 e. The predicted octanol–water partition coefficient (Wildman–Crippen LogP) is 4.31. The van der Waals surface area contributed by atoms with Gasteiger partial charge in [0, 0.05) is 18.2 Å². The van der Waals surface area contributed by atoms with Crippen molar-refractivity contribution in [3.8, 4) is 0 Å². The van der Waals surface area contributed by atoms with Gasteiger partial charge in [-0.2, -0.15) is 0 Å². The second-order valence-corrected chi connectivity index (χ2v) is 5.19. The summed E-state index contributed by atoms with van der Waals surface area (Å²) in [6.07, 6.45) is 14.6. The van der Waals surface area contributed by atoms with Crippen molar-refractivity contribution < 1.29 is 4.74 Å². The lowest BCUT2D eigenvalue weighted by atomic mass is 10.1. The Morgan fingerprint density at radius 1 is 1.48 bits per heavy atom. The minimum absolute atomic E-state index is 0.175. The molecule has 0 aromatic heterocycles. The van der Waals surface area contributed by atoms with E-state index in [4.69, 9.17) is 4.74 Å². The highest BCUT2D eigenvalue weighted by Crippen LogP contribution is 2.19. The number of aliphatic imine (C=N–C) groups is 2. The minimum Gasteiger partial charge on any atom is -0.443 e. The van der Waals surface area contributed by atoms with Crippen LogP contribution in [0.5, 0.6) is 0 Å². The van der Waals surface area contributed by atoms with Crippen LogP contribution in [0, 0.1) is 0 Å². The Morgan fingerprint density at radius 2 is 2.26 bits per heavy atom.